The molecular weight excluding hydrogens is 220 g/mol. The van der Waals surface area contributed by atoms with E-state index < -0.39 is 11.9 Å². The minimum absolute atomic E-state index is 0.172. The van der Waals surface area contributed by atoms with Crippen LogP contribution in [0.1, 0.15) is 25.7 Å². The molecule has 5 heteroatoms. The average Bonchev–Trinajstić information content (AvgIpc) is 2.78. The van der Waals surface area contributed by atoms with Gasteiger partial charge >= 0.3 is 12.0 Å². The van der Waals surface area contributed by atoms with Crippen LogP contribution >= 0.6 is 0 Å². The highest BCUT2D eigenvalue weighted by molar-refractivity contribution is 5.77. The van der Waals surface area contributed by atoms with Crippen LogP contribution in [0.25, 0.3) is 0 Å². The Bertz CT molecular complexity index is 322. The van der Waals surface area contributed by atoms with E-state index in [9.17, 15) is 9.59 Å². The summed E-state index contributed by atoms with van der Waals surface area (Å²) < 4.78 is 0. The number of likely N-dealkylation sites (tertiary alicyclic amines) is 1. The Balaban J connectivity index is 2.17. The first-order chi connectivity index (χ1) is 8.15. The second-order valence-electron chi connectivity index (χ2n) is 4.16. The maximum absolute atomic E-state index is 11.6. The van der Waals surface area contributed by atoms with Crippen molar-refractivity contribution in [3.63, 3.8) is 0 Å². The van der Waals surface area contributed by atoms with Crippen LogP contribution in [0, 0.1) is 18.3 Å². The molecular formula is C12H18N2O3. The Morgan fingerprint density at radius 2 is 2.24 bits per heavy atom. The van der Waals surface area contributed by atoms with Crippen LogP contribution in [0.2, 0.25) is 0 Å². The third-order valence-electron chi connectivity index (χ3n) is 2.85. The molecule has 0 aromatic carbocycles. The maximum atomic E-state index is 11.6. The van der Waals surface area contributed by atoms with Crippen LogP contribution in [0.3, 0.4) is 0 Å². The highest BCUT2D eigenvalue weighted by atomic mass is 16.4. The minimum Gasteiger partial charge on any atom is -0.481 e. The molecule has 1 atom stereocenters. The van der Waals surface area contributed by atoms with Crippen LogP contribution in [-0.4, -0.2) is 41.6 Å². The molecule has 0 aromatic rings. The molecule has 1 fully saturated rings. The molecule has 1 aliphatic rings. The Labute approximate surface area is 101 Å². The fourth-order valence-corrected chi connectivity index (χ4v) is 1.81. The van der Waals surface area contributed by atoms with Crippen molar-refractivity contribution in [1.29, 1.82) is 0 Å². The van der Waals surface area contributed by atoms with Crippen LogP contribution in [0.5, 0.6) is 0 Å². The molecule has 2 amide bonds. The van der Waals surface area contributed by atoms with Crippen LogP contribution in [-0.2, 0) is 4.79 Å². The molecule has 1 unspecified atom stereocenters. The molecule has 0 aliphatic carbocycles. The number of unbranched alkanes of at least 4 members (excludes halogenated alkanes) is 2. The zero-order valence-corrected chi connectivity index (χ0v) is 9.82. The molecule has 94 valence electrons. The summed E-state index contributed by atoms with van der Waals surface area (Å²) in [5.41, 5.74) is 0. The SMILES string of the molecule is C#CCCCCNC(=O)N1CCC(C(=O)O)C1. The third kappa shape index (κ3) is 4.35. The molecule has 17 heavy (non-hydrogen) atoms. The Morgan fingerprint density at radius 3 is 2.82 bits per heavy atom. The van der Waals surface area contributed by atoms with Gasteiger partial charge in [-0.1, -0.05) is 0 Å². The van der Waals surface area contributed by atoms with Crippen LogP contribution < -0.4 is 5.32 Å². The van der Waals surface area contributed by atoms with Crippen molar-refractivity contribution >= 4 is 12.0 Å². The Kier molecular flexibility index (Phi) is 5.34. The fraction of sp³-hybridized carbons (Fsp3) is 0.667. The number of amides is 2. The summed E-state index contributed by atoms with van der Waals surface area (Å²) in [6, 6.07) is -0.172. The number of nitrogens with one attached hydrogen (secondary N) is 1. The molecule has 1 saturated heterocycles. The van der Waals surface area contributed by atoms with E-state index in [-0.39, 0.29) is 6.03 Å². The number of carbonyl (C=O) groups is 2. The first kappa shape index (κ1) is 13.4. The van der Waals surface area contributed by atoms with Crippen molar-refractivity contribution in [2.75, 3.05) is 19.6 Å². The first-order valence-electron chi connectivity index (χ1n) is 5.84. The van der Waals surface area contributed by atoms with E-state index in [1.807, 2.05) is 0 Å². The molecule has 1 rings (SSSR count). The van der Waals surface area contributed by atoms with Crippen molar-refractivity contribution in [3.05, 3.63) is 0 Å². The smallest absolute Gasteiger partial charge is 0.317 e. The number of urea groups is 1. The lowest BCUT2D eigenvalue weighted by molar-refractivity contribution is -0.141. The van der Waals surface area contributed by atoms with Crippen molar-refractivity contribution in [2.24, 2.45) is 5.92 Å². The Hall–Kier alpha value is -1.70. The molecule has 0 bridgehead atoms. The summed E-state index contributed by atoms with van der Waals surface area (Å²) in [5, 5.41) is 11.6. The quantitative estimate of drug-likeness (QED) is 0.552. The zero-order chi connectivity index (χ0) is 12.7. The van der Waals surface area contributed by atoms with Crippen LogP contribution in [0.4, 0.5) is 4.79 Å². The van der Waals surface area contributed by atoms with Gasteiger partial charge in [-0.3, -0.25) is 4.79 Å². The lowest BCUT2D eigenvalue weighted by Gasteiger charge is -2.16. The molecule has 0 saturated carbocycles. The molecule has 5 nitrogen and oxygen atoms in total. The fourth-order valence-electron chi connectivity index (χ4n) is 1.81. The van der Waals surface area contributed by atoms with Gasteiger partial charge in [0.1, 0.15) is 0 Å². The van der Waals surface area contributed by atoms with Crippen molar-refractivity contribution < 1.29 is 14.7 Å². The number of nitrogens with zero attached hydrogens (tertiary/aromatic N) is 1. The number of carboxylic acids is 1. The number of carbonyl (C=O) groups excluding carboxylic acids is 1. The highest BCUT2D eigenvalue weighted by Gasteiger charge is 2.30. The number of hydrogen-bond acceptors (Lipinski definition) is 2. The predicted octanol–water partition coefficient (Wildman–Crippen LogP) is 0.906. The minimum atomic E-state index is -0.825. The van der Waals surface area contributed by atoms with E-state index in [0.717, 1.165) is 19.3 Å². The number of hydrogen-bond donors (Lipinski definition) is 2. The van der Waals surface area contributed by atoms with Gasteiger partial charge in [0, 0.05) is 26.1 Å². The topological polar surface area (TPSA) is 69.6 Å². The van der Waals surface area contributed by atoms with Crippen molar-refractivity contribution in [2.45, 2.75) is 25.7 Å². The maximum Gasteiger partial charge on any atom is 0.317 e. The van der Waals surface area contributed by atoms with Gasteiger partial charge in [-0.15, -0.1) is 12.3 Å². The normalized spacial score (nSPS) is 18.8. The summed E-state index contributed by atoms with van der Waals surface area (Å²) in [7, 11) is 0. The second-order valence-corrected chi connectivity index (χ2v) is 4.16. The average molecular weight is 238 g/mol. The number of terminal acetylenes is 1. The lowest BCUT2D eigenvalue weighted by Crippen LogP contribution is -2.39. The van der Waals surface area contributed by atoms with Crippen molar-refractivity contribution in [3.8, 4) is 12.3 Å². The van der Waals surface area contributed by atoms with Gasteiger partial charge in [-0.25, -0.2) is 4.79 Å². The van der Waals surface area contributed by atoms with Gasteiger partial charge in [0.05, 0.1) is 5.92 Å². The summed E-state index contributed by atoms with van der Waals surface area (Å²) in [5.74, 6) is 1.30. The van der Waals surface area contributed by atoms with Gasteiger partial charge in [0.2, 0.25) is 0 Å². The summed E-state index contributed by atoms with van der Waals surface area (Å²) in [4.78, 5) is 23.9. The monoisotopic (exact) mass is 238 g/mol. The molecule has 0 spiro atoms. The summed E-state index contributed by atoms with van der Waals surface area (Å²) in [6.07, 6.45) is 8.13. The van der Waals surface area contributed by atoms with E-state index in [2.05, 4.69) is 11.2 Å². The molecule has 1 heterocycles. The van der Waals surface area contributed by atoms with E-state index in [0.29, 0.717) is 26.1 Å². The van der Waals surface area contributed by atoms with E-state index in [4.69, 9.17) is 11.5 Å². The van der Waals surface area contributed by atoms with E-state index >= 15 is 0 Å². The van der Waals surface area contributed by atoms with Gasteiger partial charge in [-0.05, 0) is 19.3 Å². The van der Waals surface area contributed by atoms with E-state index in [1.165, 1.54) is 0 Å². The van der Waals surface area contributed by atoms with Gasteiger partial charge in [0.15, 0.2) is 0 Å². The third-order valence-corrected chi connectivity index (χ3v) is 2.85. The largest absolute Gasteiger partial charge is 0.481 e. The summed E-state index contributed by atoms with van der Waals surface area (Å²) in [6.45, 7) is 1.42. The predicted molar refractivity (Wildman–Crippen MR) is 63.4 cm³/mol. The zero-order valence-electron chi connectivity index (χ0n) is 9.82. The Morgan fingerprint density at radius 1 is 1.47 bits per heavy atom. The van der Waals surface area contributed by atoms with Crippen LogP contribution in [0.15, 0.2) is 0 Å². The lowest BCUT2D eigenvalue weighted by atomic mass is 10.1. The van der Waals surface area contributed by atoms with Gasteiger partial charge < -0.3 is 15.3 Å². The second kappa shape index (κ2) is 6.79. The summed E-state index contributed by atoms with van der Waals surface area (Å²) >= 11 is 0. The van der Waals surface area contributed by atoms with E-state index in [1.54, 1.807) is 4.90 Å². The van der Waals surface area contributed by atoms with Crippen molar-refractivity contribution in [1.82, 2.24) is 10.2 Å². The highest BCUT2D eigenvalue weighted by Crippen LogP contribution is 2.15. The van der Waals surface area contributed by atoms with Gasteiger partial charge in [0.25, 0.3) is 0 Å². The molecule has 0 aromatic heterocycles. The molecule has 0 radical (unpaired) electrons. The first-order valence-corrected chi connectivity index (χ1v) is 5.84. The molecule has 1 aliphatic heterocycles. The number of aliphatic carboxylic acids is 1. The number of carboxylic acid groups (broad SMARTS) is 1. The standard InChI is InChI=1S/C12H18N2O3/c1-2-3-4-5-7-13-12(17)14-8-6-10(9-14)11(15)16/h1,10H,3-9H2,(H,13,17)(H,15,16). The molecule has 2 N–H and O–H groups in total. The number of rotatable bonds is 5. The van der Waals surface area contributed by atoms with Gasteiger partial charge in [-0.2, -0.15) is 0 Å².